The molecule has 4 N–H and O–H groups in total. The summed E-state index contributed by atoms with van der Waals surface area (Å²) in [5.74, 6) is 5.47. The Morgan fingerprint density at radius 1 is 0.432 bits per heavy atom. The Hall–Kier alpha value is -1.82. The summed E-state index contributed by atoms with van der Waals surface area (Å²) < 4.78 is 21.4. The number of benzene rings is 2. The molecule has 0 aliphatic rings. The van der Waals surface area contributed by atoms with Gasteiger partial charge in [0.25, 0.3) is 0 Å². The molecule has 0 heterocycles. The summed E-state index contributed by atoms with van der Waals surface area (Å²) in [4.78, 5) is 0. The average molecular weight is 651 g/mol. The number of rotatable bonds is 29. The maximum Gasteiger partial charge on any atom is 0.161 e. The Morgan fingerprint density at radius 2 is 0.795 bits per heavy atom. The smallest absolute Gasteiger partial charge is 0.161 e. The van der Waals surface area contributed by atoms with Crippen LogP contribution < -0.4 is 40.2 Å². The minimum atomic E-state index is 0.775. The third kappa shape index (κ3) is 17.6. The van der Waals surface area contributed by atoms with Crippen molar-refractivity contribution in [3.63, 3.8) is 0 Å². The van der Waals surface area contributed by atoms with Crippen LogP contribution in [0.4, 0.5) is 0 Å². The predicted octanol–water partition coefficient (Wildman–Crippen LogP) is 6.28. The highest BCUT2D eigenvalue weighted by molar-refractivity contribution is 8.76. The third-order valence-electron chi connectivity index (χ3n) is 7.28. The molecule has 0 fully saturated rings. The number of nitrogens with one attached hydrogen (secondary N) is 4. The Bertz CT molecular complexity index is 909. The van der Waals surface area contributed by atoms with Crippen LogP contribution in [0.1, 0.15) is 62.5 Å². The van der Waals surface area contributed by atoms with Gasteiger partial charge in [0.05, 0.1) is 28.4 Å². The highest BCUT2D eigenvalue weighted by Crippen LogP contribution is 2.28. The lowest BCUT2D eigenvalue weighted by molar-refractivity contribution is 0.354. The maximum absolute atomic E-state index is 5.38. The Kier molecular flexibility index (Phi) is 23.0. The van der Waals surface area contributed by atoms with Crippen LogP contribution in [0.2, 0.25) is 0 Å². The van der Waals surface area contributed by atoms with E-state index in [9.17, 15) is 0 Å². The molecule has 0 unspecified atom stereocenters. The normalized spacial score (nSPS) is 11.1. The lowest BCUT2D eigenvalue weighted by Crippen LogP contribution is -2.19. The minimum Gasteiger partial charge on any atom is -0.493 e. The largest absolute Gasteiger partial charge is 0.493 e. The van der Waals surface area contributed by atoms with Crippen molar-refractivity contribution in [2.45, 2.75) is 64.5 Å². The molecule has 8 nitrogen and oxygen atoms in total. The molecule has 0 aliphatic heterocycles. The SMILES string of the molecule is COc1ccc(CNCCCCCCNCCSSCCNCCCCCCNCc2ccc(OC)c(OC)c2)cc1OC. The van der Waals surface area contributed by atoms with Crippen LogP contribution in [-0.2, 0) is 13.1 Å². The zero-order valence-electron chi connectivity index (χ0n) is 27.6. The highest BCUT2D eigenvalue weighted by Gasteiger charge is 2.05. The quantitative estimate of drug-likeness (QED) is 0.0596. The van der Waals surface area contributed by atoms with Gasteiger partial charge in [0.1, 0.15) is 0 Å². The summed E-state index contributed by atoms with van der Waals surface area (Å²) >= 11 is 0. The standard InChI is InChI=1S/C34H58N4O4S2/c1-39-31-15-13-29(25-33(31)41-3)27-37-19-11-7-5-9-17-35-21-23-43-44-24-22-36-18-10-6-8-12-20-38-28-30-14-16-32(40-2)34(26-30)42-4/h13-16,25-26,35-38H,5-12,17-24,27-28H2,1-4H3. The summed E-state index contributed by atoms with van der Waals surface area (Å²) in [6.45, 7) is 8.26. The van der Waals surface area contributed by atoms with E-state index >= 15 is 0 Å². The van der Waals surface area contributed by atoms with Crippen molar-refractivity contribution in [3.05, 3.63) is 47.5 Å². The van der Waals surface area contributed by atoms with Gasteiger partial charge in [-0.2, -0.15) is 0 Å². The summed E-state index contributed by atoms with van der Waals surface area (Å²) in [7, 11) is 10.7. The van der Waals surface area contributed by atoms with Crippen LogP contribution >= 0.6 is 21.6 Å². The van der Waals surface area contributed by atoms with E-state index in [-0.39, 0.29) is 0 Å². The van der Waals surface area contributed by atoms with Crippen LogP contribution in [0, 0.1) is 0 Å². The maximum atomic E-state index is 5.38. The van der Waals surface area contributed by atoms with Crippen LogP contribution in [0.3, 0.4) is 0 Å². The zero-order valence-corrected chi connectivity index (χ0v) is 29.3. The van der Waals surface area contributed by atoms with Gasteiger partial charge in [0.2, 0.25) is 0 Å². The van der Waals surface area contributed by atoms with Gasteiger partial charge < -0.3 is 40.2 Å². The average Bonchev–Trinajstić information content (AvgIpc) is 3.06. The topological polar surface area (TPSA) is 85.0 Å². The van der Waals surface area contributed by atoms with E-state index < -0.39 is 0 Å². The molecule has 0 bridgehead atoms. The van der Waals surface area contributed by atoms with Crippen LogP contribution in [0.5, 0.6) is 23.0 Å². The first-order valence-corrected chi connectivity index (χ1v) is 18.7. The number of hydrogen-bond acceptors (Lipinski definition) is 10. The molecule has 10 heteroatoms. The van der Waals surface area contributed by atoms with E-state index in [1.54, 1.807) is 28.4 Å². The molecule has 0 spiro atoms. The van der Waals surface area contributed by atoms with E-state index in [0.717, 1.165) is 75.4 Å². The highest BCUT2D eigenvalue weighted by atomic mass is 33.1. The molecule has 0 saturated carbocycles. The molecule has 0 radical (unpaired) electrons. The van der Waals surface area contributed by atoms with Gasteiger partial charge in [-0.05, 0) is 87.3 Å². The first-order chi connectivity index (χ1) is 21.7. The summed E-state index contributed by atoms with van der Waals surface area (Å²) in [5.41, 5.74) is 2.43. The fourth-order valence-corrected chi connectivity index (χ4v) is 6.65. The fourth-order valence-electron chi connectivity index (χ4n) is 4.75. The van der Waals surface area contributed by atoms with Gasteiger partial charge in [-0.25, -0.2) is 0 Å². The van der Waals surface area contributed by atoms with E-state index in [1.807, 2.05) is 45.9 Å². The predicted molar refractivity (Wildman–Crippen MR) is 190 cm³/mol. The van der Waals surface area contributed by atoms with Gasteiger partial charge in [-0.3, -0.25) is 0 Å². The van der Waals surface area contributed by atoms with E-state index in [1.165, 1.54) is 74.0 Å². The van der Waals surface area contributed by atoms with Crippen molar-refractivity contribution >= 4 is 21.6 Å². The molecule has 250 valence electrons. The van der Waals surface area contributed by atoms with Crippen molar-refractivity contribution in [2.75, 3.05) is 79.2 Å². The number of methoxy groups -OCH3 is 4. The molecule has 2 aromatic carbocycles. The summed E-state index contributed by atoms with van der Waals surface area (Å²) in [5, 5.41) is 14.2. The molecule has 44 heavy (non-hydrogen) atoms. The van der Waals surface area contributed by atoms with Crippen molar-refractivity contribution in [1.82, 2.24) is 21.3 Å². The van der Waals surface area contributed by atoms with E-state index in [2.05, 4.69) is 33.4 Å². The van der Waals surface area contributed by atoms with Gasteiger partial charge in [-0.1, -0.05) is 59.4 Å². The second kappa shape index (κ2) is 26.4. The zero-order chi connectivity index (χ0) is 31.5. The molecule has 0 atom stereocenters. The monoisotopic (exact) mass is 650 g/mol. The lowest BCUT2D eigenvalue weighted by atomic mass is 10.1. The van der Waals surface area contributed by atoms with Gasteiger partial charge in [0, 0.05) is 37.7 Å². The van der Waals surface area contributed by atoms with E-state index in [4.69, 9.17) is 18.9 Å². The van der Waals surface area contributed by atoms with Crippen molar-refractivity contribution in [1.29, 1.82) is 0 Å². The van der Waals surface area contributed by atoms with Crippen molar-refractivity contribution in [3.8, 4) is 23.0 Å². The molecule has 0 saturated heterocycles. The molecule has 0 amide bonds. The van der Waals surface area contributed by atoms with Gasteiger partial charge in [-0.15, -0.1) is 0 Å². The van der Waals surface area contributed by atoms with Gasteiger partial charge in [0.15, 0.2) is 23.0 Å². The molecular weight excluding hydrogens is 593 g/mol. The Labute approximate surface area is 275 Å². The van der Waals surface area contributed by atoms with Crippen LogP contribution in [0.25, 0.3) is 0 Å². The van der Waals surface area contributed by atoms with E-state index in [0.29, 0.717) is 0 Å². The first kappa shape index (κ1) is 38.4. The lowest BCUT2D eigenvalue weighted by Gasteiger charge is -2.10. The Morgan fingerprint density at radius 3 is 1.16 bits per heavy atom. The Balaban J connectivity index is 1.25. The van der Waals surface area contributed by atoms with Crippen LogP contribution in [0.15, 0.2) is 36.4 Å². The molecule has 2 aromatic rings. The summed E-state index contributed by atoms with van der Waals surface area (Å²) in [6.07, 6.45) is 10.1. The minimum absolute atomic E-state index is 0.775. The summed E-state index contributed by atoms with van der Waals surface area (Å²) in [6, 6.07) is 12.2. The number of unbranched alkanes of at least 4 members (excludes halogenated alkanes) is 6. The van der Waals surface area contributed by atoms with Crippen LogP contribution in [-0.4, -0.2) is 79.2 Å². The number of ether oxygens (including phenoxy) is 4. The molecule has 0 aliphatic carbocycles. The first-order valence-electron chi connectivity index (χ1n) is 16.2. The van der Waals surface area contributed by atoms with Gasteiger partial charge >= 0.3 is 0 Å². The third-order valence-corrected chi connectivity index (χ3v) is 9.68. The second-order valence-electron chi connectivity index (χ2n) is 10.7. The molecule has 0 aromatic heterocycles. The number of hydrogen-bond donors (Lipinski definition) is 4. The van der Waals surface area contributed by atoms with Crippen molar-refractivity contribution < 1.29 is 18.9 Å². The second-order valence-corrected chi connectivity index (χ2v) is 13.4. The molecular formula is C34H58N4O4S2. The van der Waals surface area contributed by atoms with Crippen molar-refractivity contribution in [2.24, 2.45) is 0 Å². The fraction of sp³-hybridized carbons (Fsp3) is 0.647. The molecule has 2 rings (SSSR count).